The molecule has 0 aliphatic rings. The third-order valence-electron chi connectivity index (χ3n) is 5.83. The lowest BCUT2D eigenvalue weighted by Gasteiger charge is -2.20. The van der Waals surface area contributed by atoms with Crippen LogP contribution in [0.4, 0.5) is 5.69 Å². The number of benzene rings is 3. The average molecular weight is 529 g/mol. The number of sulfonamides is 1. The Morgan fingerprint density at radius 1 is 0.865 bits per heavy atom. The van der Waals surface area contributed by atoms with Gasteiger partial charge in [-0.1, -0.05) is 6.07 Å². The number of likely N-dealkylation sites (N-methyl/N-ethyl adjacent to an activating group) is 1. The van der Waals surface area contributed by atoms with Gasteiger partial charge in [0.05, 0.1) is 26.2 Å². The minimum Gasteiger partial charge on any atom is -0.493 e. The lowest BCUT2D eigenvalue weighted by molar-refractivity contribution is -0.132. The van der Waals surface area contributed by atoms with Crippen molar-refractivity contribution in [1.29, 1.82) is 0 Å². The normalized spacial score (nSPS) is 11.0. The largest absolute Gasteiger partial charge is 0.493 e. The lowest BCUT2D eigenvalue weighted by Crippen LogP contribution is -2.31. The molecule has 1 N–H and O–H groups in total. The number of carbonyl (C=O) groups is 1. The minimum atomic E-state index is -3.77. The van der Waals surface area contributed by atoms with Gasteiger partial charge in [-0.25, -0.2) is 8.42 Å². The molecule has 0 fully saturated rings. The van der Waals surface area contributed by atoms with E-state index in [2.05, 4.69) is 4.72 Å². The monoisotopic (exact) mass is 528 g/mol. The summed E-state index contributed by atoms with van der Waals surface area (Å²) in [6, 6.07) is 14.8. The van der Waals surface area contributed by atoms with Crippen molar-refractivity contribution in [2.24, 2.45) is 0 Å². The van der Waals surface area contributed by atoms with Gasteiger partial charge in [-0.3, -0.25) is 9.52 Å². The number of amides is 1. The van der Waals surface area contributed by atoms with E-state index in [1.807, 2.05) is 19.9 Å². The van der Waals surface area contributed by atoms with E-state index in [1.54, 1.807) is 31.3 Å². The zero-order chi connectivity index (χ0) is 27.2. The van der Waals surface area contributed by atoms with Gasteiger partial charge in [0.2, 0.25) is 5.75 Å². The molecule has 0 saturated carbocycles. The van der Waals surface area contributed by atoms with E-state index in [4.69, 9.17) is 18.9 Å². The minimum absolute atomic E-state index is 0.0870. The number of hydrogen-bond donors (Lipinski definition) is 1. The highest BCUT2D eigenvalue weighted by Gasteiger charge is 2.17. The summed E-state index contributed by atoms with van der Waals surface area (Å²) in [5.41, 5.74) is 3.34. The smallest absolute Gasteiger partial charge is 0.261 e. The number of methoxy groups -OCH3 is 3. The van der Waals surface area contributed by atoms with Crippen LogP contribution in [0.1, 0.15) is 16.7 Å². The van der Waals surface area contributed by atoms with Crippen molar-refractivity contribution in [1.82, 2.24) is 4.90 Å². The number of nitrogens with zero attached hydrogens (tertiary/aromatic N) is 1. The molecule has 3 aromatic rings. The van der Waals surface area contributed by atoms with Gasteiger partial charge in [0.15, 0.2) is 18.1 Å². The van der Waals surface area contributed by atoms with Gasteiger partial charge < -0.3 is 23.8 Å². The fourth-order valence-electron chi connectivity index (χ4n) is 3.58. The van der Waals surface area contributed by atoms with Gasteiger partial charge in [0.25, 0.3) is 15.9 Å². The van der Waals surface area contributed by atoms with Crippen molar-refractivity contribution in [3.05, 3.63) is 71.3 Å². The SMILES string of the molecule is COc1cc(CN(C)C(=O)COc2ccc(S(=O)(=O)Nc3ccc(C)c(C)c3)cc2)cc(OC)c1OC. The van der Waals surface area contributed by atoms with Crippen molar-refractivity contribution >= 4 is 21.6 Å². The van der Waals surface area contributed by atoms with Crippen LogP contribution >= 0.6 is 0 Å². The Morgan fingerprint density at radius 3 is 2.03 bits per heavy atom. The molecule has 10 heteroatoms. The number of ether oxygens (including phenoxy) is 4. The first-order valence-corrected chi connectivity index (χ1v) is 12.9. The highest BCUT2D eigenvalue weighted by atomic mass is 32.2. The molecule has 9 nitrogen and oxygen atoms in total. The second-order valence-electron chi connectivity index (χ2n) is 8.45. The second kappa shape index (κ2) is 11.9. The Labute approximate surface area is 218 Å². The molecule has 198 valence electrons. The molecule has 0 aromatic heterocycles. The number of hydrogen-bond acceptors (Lipinski definition) is 7. The Bertz CT molecular complexity index is 1330. The van der Waals surface area contributed by atoms with Crippen LogP contribution in [0, 0.1) is 13.8 Å². The molecular weight excluding hydrogens is 496 g/mol. The number of nitrogens with one attached hydrogen (secondary N) is 1. The second-order valence-corrected chi connectivity index (χ2v) is 10.1. The van der Waals surface area contributed by atoms with E-state index >= 15 is 0 Å². The lowest BCUT2D eigenvalue weighted by atomic mass is 10.1. The maximum absolute atomic E-state index is 12.7. The van der Waals surface area contributed by atoms with E-state index in [1.165, 1.54) is 50.5 Å². The predicted octanol–water partition coefficient (Wildman–Crippen LogP) is 4.17. The fourth-order valence-corrected chi connectivity index (χ4v) is 4.63. The third kappa shape index (κ3) is 6.85. The molecule has 0 atom stereocenters. The first kappa shape index (κ1) is 27.7. The van der Waals surface area contributed by atoms with Crippen molar-refractivity contribution in [3.8, 4) is 23.0 Å². The van der Waals surface area contributed by atoms with Crippen LogP contribution in [0.3, 0.4) is 0 Å². The summed E-state index contributed by atoms with van der Waals surface area (Å²) in [7, 11) is 2.47. The maximum atomic E-state index is 12.7. The molecule has 1 amide bonds. The zero-order valence-corrected chi connectivity index (χ0v) is 22.6. The summed E-state index contributed by atoms with van der Waals surface area (Å²) in [5, 5.41) is 0. The quantitative estimate of drug-likeness (QED) is 0.398. The van der Waals surface area contributed by atoms with E-state index in [-0.39, 0.29) is 17.4 Å². The van der Waals surface area contributed by atoms with Crippen LogP contribution in [-0.4, -0.2) is 54.2 Å². The van der Waals surface area contributed by atoms with Crippen molar-refractivity contribution < 1.29 is 32.2 Å². The molecule has 0 aliphatic heterocycles. The van der Waals surface area contributed by atoms with Gasteiger partial charge in [-0.2, -0.15) is 0 Å². The molecule has 0 spiro atoms. The summed E-state index contributed by atoms with van der Waals surface area (Å²) in [6.07, 6.45) is 0. The molecule has 0 bridgehead atoms. The van der Waals surface area contributed by atoms with E-state index < -0.39 is 10.0 Å². The van der Waals surface area contributed by atoms with Crippen LogP contribution in [0.25, 0.3) is 0 Å². The van der Waals surface area contributed by atoms with Gasteiger partial charge in [0, 0.05) is 19.3 Å². The summed E-state index contributed by atoms with van der Waals surface area (Å²) in [5.74, 6) is 1.58. The average Bonchev–Trinajstić information content (AvgIpc) is 2.88. The summed E-state index contributed by atoms with van der Waals surface area (Å²) in [6.45, 7) is 3.96. The van der Waals surface area contributed by atoms with Crippen molar-refractivity contribution in [2.75, 3.05) is 39.7 Å². The number of anilines is 1. The van der Waals surface area contributed by atoms with Crippen LogP contribution in [0.2, 0.25) is 0 Å². The highest BCUT2D eigenvalue weighted by Crippen LogP contribution is 2.38. The van der Waals surface area contributed by atoms with Crippen molar-refractivity contribution in [3.63, 3.8) is 0 Å². The van der Waals surface area contributed by atoms with Gasteiger partial charge >= 0.3 is 0 Å². The molecule has 0 aliphatic carbocycles. The number of rotatable bonds is 11. The molecule has 3 aromatic carbocycles. The Morgan fingerprint density at radius 2 is 1.49 bits per heavy atom. The van der Waals surface area contributed by atoms with Crippen molar-refractivity contribution in [2.45, 2.75) is 25.3 Å². The molecule has 3 rings (SSSR count). The first-order chi connectivity index (χ1) is 17.6. The first-order valence-electron chi connectivity index (χ1n) is 11.4. The number of carbonyl (C=O) groups excluding carboxylic acids is 1. The molecule has 0 unspecified atom stereocenters. The maximum Gasteiger partial charge on any atom is 0.261 e. The molecular formula is C27H32N2O7S. The molecule has 0 radical (unpaired) electrons. The topological polar surface area (TPSA) is 103 Å². The summed E-state index contributed by atoms with van der Waals surface area (Å²) < 4.78 is 49.7. The van der Waals surface area contributed by atoms with E-state index in [0.717, 1.165) is 16.7 Å². The summed E-state index contributed by atoms with van der Waals surface area (Å²) in [4.78, 5) is 14.2. The summed E-state index contributed by atoms with van der Waals surface area (Å²) >= 11 is 0. The van der Waals surface area contributed by atoms with Crippen LogP contribution in [0.5, 0.6) is 23.0 Å². The highest BCUT2D eigenvalue weighted by molar-refractivity contribution is 7.92. The standard InChI is InChI=1S/C27H32N2O7S/c1-18-7-8-21(13-19(18)2)28-37(31,32)23-11-9-22(10-12-23)36-17-26(30)29(3)16-20-14-24(33-4)27(35-6)25(15-20)34-5/h7-15,28H,16-17H2,1-6H3. The van der Waals surface area contributed by atoms with Crippen LogP contribution in [-0.2, 0) is 21.4 Å². The Balaban J connectivity index is 1.60. The van der Waals surface area contributed by atoms with Gasteiger partial charge in [0.1, 0.15) is 5.75 Å². The van der Waals surface area contributed by atoms with E-state index in [0.29, 0.717) is 35.2 Å². The predicted molar refractivity (Wildman–Crippen MR) is 141 cm³/mol. The zero-order valence-electron chi connectivity index (χ0n) is 21.8. The molecule has 37 heavy (non-hydrogen) atoms. The molecule has 0 heterocycles. The van der Waals surface area contributed by atoms with Crippen LogP contribution in [0.15, 0.2) is 59.5 Å². The van der Waals surface area contributed by atoms with Crippen LogP contribution < -0.4 is 23.7 Å². The third-order valence-corrected chi connectivity index (χ3v) is 7.22. The Kier molecular flexibility index (Phi) is 8.88. The Hall–Kier alpha value is -3.92. The van der Waals surface area contributed by atoms with E-state index in [9.17, 15) is 13.2 Å². The van der Waals surface area contributed by atoms with Gasteiger partial charge in [-0.05, 0) is 79.1 Å². The molecule has 0 saturated heterocycles. The number of aryl methyl sites for hydroxylation is 2. The fraction of sp³-hybridized carbons (Fsp3) is 0.296. The van der Waals surface area contributed by atoms with Gasteiger partial charge in [-0.15, -0.1) is 0 Å².